The Labute approximate surface area is 210 Å². The van der Waals surface area contributed by atoms with E-state index in [-0.39, 0.29) is 37.4 Å². The van der Waals surface area contributed by atoms with Crippen LogP contribution in [0.4, 0.5) is 24.7 Å². The minimum Gasteiger partial charge on any atom is -0.383 e. The lowest BCUT2D eigenvalue weighted by Crippen LogP contribution is -2.60. The molecule has 2 heterocycles. The molecule has 1 unspecified atom stereocenters. The number of nitrogen functional groups attached to an aromatic ring is 1. The summed E-state index contributed by atoms with van der Waals surface area (Å²) in [4.78, 5) is 45.6. The van der Waals surface area contributed by atoms with E-state index < -0.39 is 41.4 Å². The molecule has 0 spiro atoms. The predicted molar refractivity (Wildman–Crippen MR) is 127 cm³/mol. The van der Waals surface area contributed by atoms with Gasteiger partial charge in [0.15, 0.2) is 0 Å². The van der Waals surface area contributed by atoms with Gasteiger partial charge in [0.25, 0.3) is 0 Å². The zero-order valence-corrected chi connectivity index (χ0v) is 20.4. The van der Waals surface area contributed by atoms with E-state index in [4.69, 9.17) is 17.3 Å². The van der Waals surface area contributed by atoms with Crippen molar-refractivity contribution in [1.82, 2.24) is 14.8 Å². The average Bonchev–Trinajstić information content (AvgIpc) is 3.63. The van der Waals surface area contributed by atoms with Crippen LogP contribution in [0.5, 0.6) is 0 Å². The maximum atomic E-state index is 13.7. The molecule has 1 aromatic carbocycles. The minimum absolute atomic E-state index is 0.127. The first-order chi connectivity index (χ1) is 16.8. The lowest BCUT2D eigenvalue weighted by atomic mass is 9.96. The first-order valence-corrected chi connectivity index (χ1v) is 11.7. The largest absolute Gasteiger partial charge is 0.403 e. The molecule has 192 valence electrons. The first-order valence-electron chi connectivity index (χ1n) is 11.3. The van der Waals surface area contributed by atoms with Crippen molar-refractivity contribution in [2.45, 2.75) is 44.9 Å². The molecule has 36 heavy (non-hydrogen) atoms. The molecule has 12 heteroatoms. The third-order valence-electron chi connectivity index (χ3n) is 6.79. The van der Waals surface area contributed by atoms with Crippen molar-refractivity contribution < 1.29 is 27.6 Å². The van der Waals surface area contributed by atoms with E-state index in [1.807, 2.05) is 0 Å². The van der Waals surface area contributed by atoms with Crippen LogP contribution in [0.15, 0.2) is 36.5 Å². The average molecular weight is 524 g/mol. The quantitative estimate of drug-likeness (QED) is 0.596. The molecule has 1 aromatic heterocycles. The van der Waals surface area contributed by atoms with Gasteiger partial charge in [0.2, 0.25) is 5.91 Å². The number of carbonyl (C=O) groups is 3. The van der Waals surface area contributed by atoms with E-state index in [0.717, 1.165) is 0 Å². The topological polar surface area (TPSA) is 109 Å². The van der Waals surface area contributed by atoms with Crippen LogP contribution >= 0.6 is 11.6 Å². The van der Waals surface area contributed by atoms with E-state index in [1.54, 1.807) is 44.2 Å². The Hall–Kier alpha value is -3.34. The summed E-state index contributed by atoms with van der Waals surface area (Å²) in [5, 5.41) is 2.92. The lowest BCUT2D eigenvalue weighted by molar-refractivity contribution is -0.201. The highest BCUT2D eigenvalue weighted by atomic mass is 35.5. The number of aromatic nitrogens is 1. The molecule has 1 aliphatic heterocycles. The van der Waals surface area contributed by atoms with Gasteiger partial charge in [-0.25, -0.2) is 4.98 Å². The summed E-state index contributed by atoms with van der Waals surface area (Å²) >= 11 is 5.99. The summed E-state index contributed by atoms with van der Waals surface area (Å²) in [6, 6.07) is 6.36. The maximum Gasteiger partial charge on any atom is 0.403 e. The van der Waals surface area contributed by atoms with E-state index in [1.165, 1.54) is 16.0 Å². The number of aryl methyl sites for hydroxylation is 1. The summed E-state index contributed by atoms with van der Waals surface area (Å²) in [5.74, 6) is -2.55. The van der Waals surface area contributed by atoms with Crippen LogP contribution < -0.4 is 11.1 Å². The smallest absolute Gasteiger partial charge is 0.383 e. The fourth-order valence-corrected chi connectivity index (χ4v) is 4.57. The number of halogens is 4. The summed E-state index contributed by atoms with van der Waals surface area (Å²) < 4.78 is 41.0. The minimum atomic E-state index is -4.66. The zero-order valence-electron chi connectivity index (χ0n) is 19.6. The molecule has 0 bridgehead atoms. The number of alkyl halides is 3. The van der Waals surface area contributed by atoms with Crippen LogP contribution in [0.1, 0.15) is 36.9 Å². The van der Waals surface area contributed by atoms with Gasteiger partial charge in [-0.15, -0.1) is 0 Å². The zero-order chi connectivity index (χ0) is 26.4. The Morgan fingerprint density at radius 3 is 2.33 bits per heavy atom. The van der Waals surface area contributed by atoms with Gasteiger partial charge in [-0.3, -0.25) is 14.4 Å². The molecule has 3 N–H and O–H groups in total. The van der Waals surface area contributed by atoms with Crippen molar-refractivity contribution in [2.24, 2.45) is 5.41 Å². The molecule has 2 atom stereocenters. The highest BCUT2D eigenvalue weighted by molar-refractivity contribution is 6.39. The monoisotopic (exact) mass is 523 g/mol. The van der Waals surface area contributed by atoms with Crippen molar-refractivity contribution in [3.63, 3.8) is 0 Å². The molecular weight excluding hydrogens is 499 g/mol. The number of amides is 3. The van der Waals surface area contributed by atoms with Crippen molar-refractivity contribution in [3.8, 4) is 0 Å². The Morgan fingerprint density at radius 2 is 1.78 bits per heavy atom. The fraction of sp³-hybridized carbons (Fsp3) is 0.417. The van der Waals surface area contributed by atoms with E-state index in [9.17, 15) is 27.6 Å². The number of nitrogens with two attached hydrogens (primary N) is 1. The Kier molecular flexibility index (Phi) is 6.63. The number of anilines is 2. The molecule has 1 saturated heterocycles. The van der Waals surface area contributed by atoms with Gasteiger partial charge in [0.1, 0.15) is 11.2 Å². The third kappa shape index (κ3) is 4.71. The number of hydrogen-bond donors (Lipinski definition) is 2. The second-order valence-corrected chi connectivity index (χ2v) is 9.73. The Morgan fingerprint density at radius 1 is 1.14 bits per heavy atom. The van der Waals surface area contributed by atoms with Gasteiger partial charge >= 0.3 is 18.0 Å². The van der Waals surface area contributed by atoms with E-state index in [2.05, 4.69) is 10.3 Å². The van der Waals surface area contributed by atoms with Crippen LogP contribution in [0.3, 0.4) is 0 Å². The number of nitrogens with zero attached hydrogens (tertiary/aromatic N) is 3. The van der Waals surface area contributed by atoms with E-state index >= 15 is 0 Å². The van der Waals surface area contributed by atoms with Crippen LogP contribution in [0.2, 0.25) is 5.02 Å². The highest BCUT2D eigenvalue weighted by Crippen LogP contribution is 2.59. The number of pyridine rings is 1. The Balaban J connectivity index is 1.61. The van der Waals surface area contributed by atoms with Gasteiger partial charge in [-0.1, -0.05) is 23.7 Å². The first kappa shape index (κ1) is 25.7. The number of nitrogens with one attached hydrogen (secondary N) is 1. The standard InChI is InChI=1S/C24H25ClF3N5O3/c1-13-9-17(10-30-19(13)29)31-20(34)21(35)33-11-14(2)32(22(36)23(7-8-23)24(26,27)28)12-18(33)15-3-5-16(25)6-4-15/h3-6,9-10,14,18H,7-8,11-12H2,1-2H3,(H2,29,30)(H,31,34)/t14-,18?/m1/s1. The maximum absolute atomic E-state index is 13.7. The van der Waals surface area contributed by atoms with E-state index in [0.29, 0.717) is 16.1 Å². The number of benzene rings is 1. The van der Waals surface area contributed by atoms with Crippen molar-refractivity contribution in [1.29, 1.82) is 0 Å². The molecule has 4 rings (SSSR count). The molecule has 0 radical (unpaired) electrons. The van der Waals surface area contributed by atoms with Crippen LogP contribution in [-0.4, -0.2) is 57.8 Å². The van der Waals surface area contributed by atoms with Gasteiger partial charge in [0.05, 0.1) is 17.9 Å². The van der Waals surface area contributed by atoms with Crippen molar-refractivity contribution in [3.05, 3.63) is 52.7 Å². The molecule has 2 aromatic rings. The van der Waals surface area contributed by atoms with Gasteiger partial charge in [-0.2, -0.15) is 13.2 Å². The molecule has 1 saturated carbocycles. The normalized spacial score (nSPS) is 21.2. The van der Waals surface area contributed by atoms with Crippen LogP contribution in [0, 0.1) is 12.3 Å². The molecule has 2 fully saturated rings. The van der Waals surface area contributed by atoms with Gasteiger partial charge in [0, 0.05) is 24.2 Å². The number of rotatable bonds is 3. The van der Waals surface area contributed by atoms with Gasteiger partial charge in [-0.05, 0) is 56.0 Å². The second-order valence-electron chi connectivity index (χ2n) is 9.29. The van der Waals surface area contributed by atoms with Gasteiger partial charge < -0.3 is 20.9 Å². The molecule has 1 aliphatic carbocycles. The number of carbonyl (C=O) groups excluding carboxylic acids is 3. The molecule has 8 nitrogen and oxygen atoms in total. The second kappa shape index (κ2) is 9.27. The van der Waals surface area contributed by atoms with Crippen LogP contribution in [0.25, 0.3) is 0 Å². The number of piperazine rings is 1. The predicted octanol–water partition coefficient (Wildman–Crippen LogP) is 3.71. The van der Waals surface area contributed by atoms with Crippen molar-refractivity contribution in [2.75, 3.05) is 24.1 Å². The summed E-state index contributed by atoms with van der Waals surface area (Å²) in [5.41, 5.74) is 4.73. The summed E-state index contributed by atoms with van der Waals surface area (Å²) in [7, 11) is 0. The summed E-state index contributed by atoms with van der Waals surface area (Å²) in [6.07, 6.45) is -3.86. The van der Waals surface area contributed by atoms with Crippen molar-refractivity contribution >= 4 is 40.8 Å². The molecule has 2 aliphatic rings. The molecule has 3 amide bonds. The summed E-state index contributed by atoms with van der Waals surface area (Å²) in [6.45, 7) is 2.94. The van der Waals surface area contributed by atoms with Crippen LogP contribution in [-0.2, 0) is 14.4 Å². The number of hydrogen-bond acceptors (Lipinski definition) is 5. The molecular formula is C24H25ClF3N5O3. The SMILES string of the molecule is Cc1cc(NC(=O)C(=O)N2C[C@@H](C)N(C(=O)C3(C(F)(F)F)CC3)CC2c2ccc(Cl)cc2)cnc1N. The highest BCUT2D eigenvalue weighted by Gasteiger charge is 2.70. The third-order valence-corrected chi connectivity index (χ3v) is 7.04. The Bertz CT molecular complexity index is 1200. The lowest BCUT2D eigenvalue weighted by Gasteiger charge is -2.46. The fourth-order valence-electron chi connectivity index (χ4n) is 4.44.